The summed E-state index contributed by atoms with van der Waals surface area (Å²) < 4.78 is 32.2. The third-order valence-electron chi connectivity index (χ3n) is 2.79. The molecule has 0 bridgehead atoms. The van der Waals surface area contributed by atoms with E-state index in [0.717, 1.165) is 12.8 Å². The van der Waals surface area contributed by atoms with Crippen molar-refractivity contribution in [2.24, 2.45) is 0 Å². The van der Waals surface area contributed by atoms with Crippen LogP contribution in [-0.4, -0.2) is 84.1 Å². The van der Waals surface area contributed by atoms with Crippen LogP contribution in [0.15, 0.2) is 0 Å². The predicted molar refractivity (Wildman–Crippen MR) is 86.6 cm³/mol. The molecule has 0 rings (SSSR count). The van der Waals surface area contributed by atoms with E-state index < -0.39 is 0 Å². The van der Waals surface area contributed by atoms with Gasteiger partial charge in [-0.2, -0.15) is 0 Å². The van der Waals surface area contributed by atoms with Crippen molar-refractivity contribution in [2.75, 3.05) is 72.7 Å². The maximum atomic E-state index is 8.51. The fourth-order valence-corrected chi connectivity index (χ4v) is 1.76. The zero-order chi connectivity index (χ0) is 17.0. The smallest absolute Gasteiger partial charge is 0.157 e. The number of rotatable bonds is 19. The highest BCUT2D eigenvalue weighted by molar-refractivity contribution is 4.46. The van der Waals surface area contributed by atoms with E-state index >= 15 is 0 Å². The Balaban J connectivity index is 3.15. The summed E-state index contributed by atoms with van der Waals surface area (Å²) in [6, 6.07) is 0. The summed E-state index contributed by atoms with van der Waals surface area (Å²) in [7, 11) is 0. The van der Waals surface area contributed by atoms with Gasteiger partial charge in [-0.3, -0.25) is 0 Å². The molecule has 0 saturated heterocycles. The Kier molecular flexibility index (Phi) is 19.5. The third kappa shape index (κ3) is 17.9. The highest BCUT2D eigenvalue weighted by Gasteiger charge is 2.06. The lowest BCUT2D eigenvalue weighted by Crippen LogP contribution is -2.18. The van der Waals surface area contributed by atoms with E-state index in [1.807, 2.05) is 13.8 Å². The van der Waals surface area contributed by atoms with Gasteiger partial charge in [-0.05, 0) is 20.3 Å². The summed E-state index contributed by atoms with van der Waals surface area (Å²) >= 11 is 0. The molecule has 0 aromatic rings. The lowest BCUT2D eigenvalue weighted by molar-refractivity contribution is -0.141. The second-order valence-electron chi connectivity index (χ2n) is 4.66. The highest BCUT2D eigenvalue weighted by atomic mass is 16.7. The maximum absolute atomic E-state index is 8.51. The van der Waals surface area contributed by atoms with Crippen LogP contribution in [0.25, 0.3) is 0 Å². The molecule has 0 aliphatic rings. The highest BCUT2D eigenvalue weighted by Crippen LogP contribution is 2.04. The molecule has 0 saturated carbocycles. The Morgan fingerprint density at radius 3 is 1.52 bits per heavy atom. The standard InChI is InChI=1S/C16H34O7/c1-3-22-16(23-4-2)6-5-8-18-10-12-20-14-15-21-13-11-19-9-7-17/h16-17H,3-15H2,1-2H3. The molecule has 0 spiro atoms. The van der Waals surface area contributed by atoms with Crippen molar-refractivity contribution >= 4 is 0 Å². The first kappa shape index (κ1) is 22.7. The van der Waals surface area contributed by atoms with Crippen LogP contribution in [-0.2, 0) is 28.4 Å². The second-order valence-corrected chi connectivity index (χ2v) is 4.66. The molecule has 1 N–H and O–H groups in total. The van der Waals surface area contributed by atoms with Gasteiger partial charge < -0.3 is 33.5 Å². The Bertz CT molecular complexity index is 211. The van der Waals surface area contributed by atoms with Crippen LogP contribution < -0.4 is 0 Å². The predicted octanol–water partition coefficient (Wildman–Crippen LogP) is 1.22. The first-order chi connectivity index (χ1) is 11.3. The molecule has 140 valence electrons. The molecule has 0 aromatic carbocycles. The quantitative estimate of drug-likeness (QED) is 0.280. The van der Waals surface area contributed by atoms with Gasteiger partial charge in [-0.15, -0.1) is 0 Å². The molecule has 7 heteroatoms. The van der Waals surface area contributed by atoms with Crippen LogP contribution in [0.2, 0.25) is 0 Å². The number of aliphatic hydroxyl groups is 1. The summed E-state index contributed by atoms with van der Waals surface area (Å²) in [4.78, 5) is 0. The molecule has 0 aromatic heterocycles. The summed E-state index contributed by atoms with van der Waals surface area (Å²) in [6.07, 6.45) is 1.62. The minimum atomic E-state index is -0.122. The SMILES string of the molecule is CCOC(CCCOCCOCCOCCOCCO)OCC. The second kappa shape index (κ2) is 19.8. The van der Waals surface area contributed by atoms with Crippen LogP contribution in [0.1, 0.15) is 26.7 Å². The van der Waals surface area contributed by atoms with Crippen LogP contribution in [0, 0.1) is 0 Å². The maximum Gasteiger partial charge on any atom is 0.157 e. The first-order valence-electron chi connectivity index (χ1n) is 8.50. The zero-order valence-corrected chi connectivity index (χ0v) is 14.7. The van der Waals surface area contributed by atoms with Crippen molar-refractivity contribution < 1.29 is 33.5 Å². The van der Waals surface area contributed by atoms with E-state index in [9.17, 15) is 0 Å². The molecule has 0 unspecified atom stereocenters. The number of ether oxygens (including phenoxy) is 6. The van der Waals surface area contributed by atoms with Crippen molar-refractivity contribution in [3.05, 3.63) is 0 Å². The summed E-state index contributed by atoms with van der Waals surface area (Å²) in [5, 5.41) is 8.51. The number of hydrogen-bond donors (Lipinski definition) is 1. The monoisotopic (exact) mass is 338 g/mol. The van der Waals surface area contributed by atoms with Crippen molar-refractivity contribution in [3.8, 4) is 0 Å². The Labute approximate surface area is 140 Å². The average Bonchev–Trinajstić information content (AvgIpc) is 2.55. The summed E-state index contributed by atoms with van der Waals surface area (Å²) in [6.45, 7) is 9.55. The fourth-order valence-electron chi connectivity index (χ4n) is 1.76. The van der Waals surface area contributed by atoms with E-state index in [4.69, 9.17) is 33.5 Å². The topological polar surface area (TPSA) is 75.6 Å². The van der Waals surface area contributed by atoms with E-state index in [1.54, 1.807) is 0 Å². The van der Waals surface area contributed by atoms with Gasteiger partial charge in [-0.1, -0.05) is 0 Å². The van der Waals surface area contributed by atoms with Crippen molar-refractivity contribution in [1.29, 1.82) is 0 Å². The van der Waals surface area contributed by atoms with Crippen LogP contribution >= 0.6 is 0 Å². The van der Waals surface area contributed by atoms with Crippen molar-refractivity contribution in [1.82, 2.24) is 0 Å². The molecule has 0 atom stereocenters. The molecule has 0 radical (unpaired) electrons. The molecule has 0 aliphatic heterocycles. The molecule has 0 aliphatic carbocycles. The lowest BCUT2D eigenvalue weighted by Gasteiger charge is -2.16. The van der Waals surface area contributed by atoms with E-state index in [0.29, 0.717) is 66.1 Å². The van der Waals surface area contributed by atoms with Crippen LogP contribution in [0.3, 0.4) is 0 Å². The van der Waals surface area contributed by atoms with E-state index in [1.165, 1.54) is 0 Å². The fraction of sp³-hybridized carbons (Fsp3) is 1.00. The Morgan fingerprint density at radius 2 is 1.09 bits per heavy atom. The van der Waals surface area contributed by atoms with Gasteiger partial charge in [0, 0.05) is 26.2 Å². The molecular formula is C16H34O7. The molecule has 23 heavy (non-hydrogen) atoms. The largest absolute Gasteiger partial charge is 0.394 e. The van der Waals surface area contributed by atoms with E-state index in [2.05, 4.69) is 0 Å². The molecule has 0 fully saturated rings. The Morgan fingerprint density at radius 1 is 0.652 bits per heavy atom. The van der Waals surface area contributed by atoms with Gasteiger partial charge in [0.25, 0.3) is 0 Å². The van der Waals surface area contributed by atoms with Crippen LogP contribution in [0.5, 0.6) is 0 Å². The van der Waals surface area contributed by atoms with Gasteiger partial charge in [0.05, 0.1) is 52.9 Å². The minimum Gasteiger partial charge on any atom is -0.394 e. The molecule has 0 amide bonds. The number of hydrogen-bond acceptors (Lipinski definition) is 7. The van der Waals surface area contributed by atoms with Crippen LogP contribution in [0.4, 0.5) is 0 Å². The zero-order valence-electron chi connectivity index (χ0n) is 14.7. The normalized spacial score (nSPS) is 11.5. The lowest BCUT2D eigenvalue weighted by atomic mass is 10.3. The Hall–Kier alpha value is -0.280. The van der Waals surface area contributed by atoms with Crippen molar-refractivity contribution in [3.63, 3.8) is 0 Å². The van der Waals surface area contributed by atoms with Gasteiger partial charge in [0.15, 0.2) is 6.29 Å². The van der Waals surface area contributed by atoms with Gasteiger partial charge >= 0.3 is 0 Å². The van der Waals surface area contributed by atoms with Crippen molar-refractivity contribution in [2.45, 2.75) is 33.0 Å². The molecule has 7 nitrogen and oxygen atoms in total. The van der Waals surface area contributed by atoms with E-state index in [-0.39, 0.29) is 12.9 Å². The summed E-state index contributed by atoms with van der Waals surface area (Å²) in [5.41, 5.74) is 0. The minimum absolute atomic E-state index is 0.0427. The van der Waals surface area contributed by atoms with Gasteiger partial charge in [0.2, 0.25) is 0 Å². The summed E-state index contributed by atoms with van der Waals surface area (Å²) in [5.74, 6) is 0. The third-order valence-corrected chi connectivity index (χ3v) is 2.79. The molecular weight excluding hydrogens is 304 g/mol. The van der Waals surface area contributed by atoms with Gasteiger partial charge in [-0.25, -0.2) is 0 Å². The number of aliphatic hydroxyl groups excluding tert-OH is 1. The van der Waals surface area contributed by atoms with Gasteiger partial charge in [0.1, 0.15) is 0 Å². The average molecular weight is 338 g/mol. The molecule has 0 heterocycles. The first-order valence-corrected chi connectivity index (χ1v) is 8.50.